The molecule has 7 heteroatoms. The molecule has 2 N–H and O–H groups in total. The molecule has 0 aliphatic rings. The molecule has 0 unspecified atom stereocenters. The van der Waals surface area contributed by atoms with Crippen LogP contribution in [-0.2, 0) is 0 Å². The van der Waals surface area contributed by atoms with Crippen LogP contribution in [0.3, 0.4) is 0 Å². The van der Waals surface area contributed by atoms with Crippen LogP contribution in [0.2, 0.25) is 0 Å². The van der Waals surface area contributed by atoms with Crippen molar-refractivity contribution in [3.63, 3.8) is 0 Å². The van der Waals surface area contributed by atoms with Gasteiger partial charge in [0.05, 0.1) is 11.1 Å². The second-order valence-corrected chi connectivity index (χ2v) is 4.81. The molecule has 1 heterocycles. The Balaban J connectivity index is 2.29. The molecule has 3 aromatic rings. The minimum atomic E-state index is -1.29. The summed E-state index contributed by atoms with van der Waals surface area (Å²) in [5.74, 6) is -3.92. The number of aromatic hydroxyl groups is 1. The SMILES string of the molecule is N#Cc1cn(-c2ccc(C(=O)O)c(O)c2)c2cc(F)c(F)cc12. The second-order valence-electron chi connectivity index (χ2n) is 4.81. The number of carboxylic acids is 1. The lowest BCUT2D eigenvalue weighted by Gasteiger charge is -2.08. The van der Waals surface area contributed by atoms with Crippen LogP contribution in [0.15, 0.2) is 36.5 Å². The molecule has 5 nitrogen and oxygen atoms in total. The van der Waals surface area contributed by atoms with Gasteiger partial charge in [-0.25, -0.2) is 13.6 Å². The standard InChI is InChI=1S/C16H8F2N2O3/c17-12-4-11-8(6-19)7-20(14(11)5-13(12)18)9-1-2-10(16(22)23)15(21)3-9/h1-5,7,21H,(H,22,23). The number of nitriles is 1. The van der Waals surface area contributed by atoms with Gasteiger partial charge in [0, 0.05) is 29.4 Å². The lowest BCUT2D eigenvalue weighted by Crippen LogP contribution is -1.99. The highest BCUT2D eigenvalue weighted by Gasteiger charge is 2.16. The maximum Gasteiger partial charge on any atom is 0.339 e. The lowest BCUT2D eigenvalue weighted by atomic mass is 10.1. The zero-order chi connectivity index (χ0) is 16.7. The number of phenols is 1. The monoisotopic (exact) mass is 314 g/mol. The maximum absolute atomic E-state index is 13.5. The average Bonchev–Trinajstić information content (AvgIpc) is 2.85. The fourth-order valence-corrected chi connectivity index (χ4v) is 2.37. The zero-order valence-corrected chi connectivity index (χ0v) is 11.4. The Kier molecular flexibility index (Phi) is 3.22. The molecule has 0 saturated carbocycles. The van der Waals surface area contributed by atoms with Crippen LogP contribution in [0.5, 0.6) is 5.75 Å². The Labute approximate surface area is 128 Å². The van der Waals surface area contributed by atoms with Gasteiger partial charge < -0.3 is 14.8 Å². The fraction of sp³-hybridized carbons (Fsp3) is 0. The summed E-state index contributed by atoms with van der Waals surface area (Å²) in [5.41, 5.74) is 0.372. The molecule has 0 bridgehead atoms. The topological polar surface area (TPSA) is 86.2 Å². The highest BCUT2D eigenvalue weighted by molar-refractivity contribution is 5.92. The van der Waals surface area contributed by atoms with Crippen LogP contribution in [-0.4, -0.2) is 20.7 Å². The number of aromatic carboxylic acids is 1. The Morgan fingerprint density at radius 2 is 1.87 bits per heavy atom. The number of hydrogen-bond donors (Lipinski definition) is 2. The summed E-state index contributed by atoms with van der Waals surface area (Å²) in [6.07, 6.45) is 1.36. The number of aromatic nitrogens is 1. The van der Waals surface area contributed by atoms with Gasteiger partial charge in [-0.1, -0.05) is 0 Å². The summed E-state index contributed by atoms with van der Waals surface area (Å²) in [7, 11) is 0. The van der Waals surface area contributed by atoms with E-state index >= 15 is 0 Å². The summed E-state index contributed by atoms with van der Waals surface area (Å²) in [6.45, 7) is 0. The number of fused-ring (bicyclic) bond motifs is 1. The van der Waals surface area contributed by atoms with Gasteiger partial charge in [-0.05, 0) is 18.2 Å². The van der Waals surface area contributed by atoms with Crippen molar-refractivity contribution in [2.45, 2.75) is 0 Å². The van der Waals surface area contributed by atoms with Crippen LogP contribution in [0, 0.1) is 23.0 Å². The number of nitrogens with zero attached hydrogens (tertiary/aromatic N) is 2. The molecule has 23 heavy (non-hydrogen) atoms. The highest BCUT2D eigenvalue weighted by Crippen LogP contribution is 2.29. The van der Waals surface area contributed by atoms with Gasteiger partial charge in [0.1, 0.15) is 17.4 Å². The van der Waals surface area contributed by atoms with E-state index in [0.717, 1.165) is 12.1 Å². The first kappa shape index (κ1) is 14.5. The molecule has 0 atom stereocenters. The van der Waals surface area contributed by atoms with E-state index in [1.807, 2.05) is 6.07 Å². The molecular formula is C16H8F2N2O3. The summed E-state index contributed by atoms with van der Waals surface area (Å²) in [4.78, 5) is 10.9. The van der Waals surface area contributed by atoms with E-state index < -0.39 is 23.4 Å². The second kappa shape index (κ2) is 5.10. The molecule has 1 aromatic heterocycles. The predicted octanol–water partition coefficient (Wildman–Crippen LogP) is 3.18. The Hall–Kier alpha value is -3.40. The molecule has 2 aromatic carbocycles. The highest BCUT2D eigenvalue weighted by atomic mass is 19.2. The first-order chi connectivity index (χ1) is 10.9. The molecule has 0 aliphatic carbocycles. The third kappa shape index (κ3) is 2.26. The number of benzene rings is 2. The van der Waals surface area contributed by atoms with Gasteiger partial charge >= 0.3 is 5.97 Å². The van der Waals surface area contributed by atoms with E-state index in [1.165, 1.54) is 29.0 Å². The first-order valence-corrected chi connectivity index (χ1v) is 6.39. The molecule has 0 fully saturated rings. The van der Waals surface area contributed by atoms with Crippen molar-refractivity contribution in [2.75, 3.05) is 0 Å². The molecule has 0 spiro atoms. The van der Waals surface area contributed by atoms with Gasteiger partial charge in [-0.15, -0.1) is 0 Å². The molecule has 0 radical (unpaired) electrons. The summed E-state index contributed by atoms with van der Waals surface area (Å²) in [6, 6.07) is 7.50. The third-order valence-corrected chi connectivity index (χ3v) is 3.46. The van der Waals surface area contributed by atoms with Gasteiger partial charge in [-0.3, -0.25) is 0 Å². The van der Waals surface area contributed by atoms with Gasteiger partial charge in [0.2, 0.25) is 0 Å². The smallest absolute Gasteiger partial charge is 0.339 e. The molecule has 0 saturated heterocycles. The molecular weight excluding hydrogens is 306 g/mol. The molecule has 114 valence electrons. The number of rotatable bonds is 2. The van der Waals surface area contributed by atoms with Crippen molar-refractivity contribution in [1.29, 1.82) is 5.26 Å². The van der Waals surface area contributed by atoms with Gasteiger partial charge in [0.25, 0.3) is 0 Å². The van der Waals surface area contributed by atoms with E-state index in [-0.39, 0.29) is 22.0 Å². The lowest BCUT2D eigenvalue weighted by molar-refractivity contribution is 0.0694. The van der Waals surface area contributed by atoms with Crippen molar-refractivity contribution in [1.82, 2.24) is 4.57 Å². The number of halogens is 2. The number of hydrogen-bond acceptors (Lipinski definition) is 3. The zero-order valence-electron chi connectivity index (χ0n) is 11.4. The predicted molar refractivity (Wildman–Crippen MR) is 76.5 cm³/mol. The summed E-state index contributed by atoms with van der Waals surface area (Å²) < 4.78 is 28.3. The van der Waals surface area contributed by atoms with Crippen LogP contribution < -0.4 is 0 Å². The van der Waals surface area contributed by atoms with E-state index in [4.69, 9.17) is 10.4 Å². The molecule has 0 amide bonds. The number of carboxylic acid groups (broad SMARTS) is 1. The van der Waals surface area contributed by atoms with Crippen molar-refractivity contribution in [3.8, 4) is 17.5 Å². The minimum absolute atomic E-state index is 0.126. The Morgan fingerprint density at radius 3 is 2.48 bits per heavy atom. The third-order valence-electron chi connectivity index (χ3n) is 3.46. The van der Waals surface area contributed by atoms with E-state index in [1.54, 1.807) is 0 Å². The first-order valence-electron chi connectivity index (χ1n) is 6.39. The van der Waals surface area contributed by atoms with Crippen molar-refractivity contribution in [2.24, 2.45) is 0 Å². The van der Waals surface area contributed by atoms with Gasteiger partial charge in [0.15, 0.2) is 11.6 Å². The van der Waals surface area contributed by atoms with Crippen LogP contribution in [0.4, 0.5) is 8.78 Å². The van der Waals surface area contributed by atoms with Crippen molar-refractivity contribution in [3.05, 3.63) is 59.3 Å². The normalized spacial score (nSPS) is 10.7. The summed E-state index contributed by atoms with van der Waals surface area (Å²) in [5, 5.41) is 28.0. The number of carbonyl (C=O) groups is 1. The summed E-state index contributed by atoms with van der Waals surface area (Å²) >= 11 is 0. The van der Waals surface area contributed by atoms with Gasteiger partial charge in [-0.2, -0.15) is 5.26 Å². The Morgan fingerprint density at radius 1 is 1.17 bits per heavy atom. The Bertz CT molecular complexity index is 1000. The maximum atomic E-state index is 13.5. The van der Waals surface area contributed by atoms with Crippen molar-refractivity contribution < 1.29 is 23.8 Å². The van der Waals surface area contributed by atoms with Crippen LogP contribution >= 0.6 is 0 Å². The largest absolute Gasteiger partial charge is 0.507 e. The molecule has 3 rings (SSSR count). The van der Waals surface area contributed by atoms with E-state index in [9.17, 15) is 18.7 Å². The quantitative estimate of drug-likeness (QED) is 0.760. The fourth-order valence-electron chi connectivity index (χ4n) is 2.37. The average molecular weight is 314 g/mol. The minimum Gasteiger partial charge on any atom is -0.507 e. The van der Waals surface area contributed by atoms with Crippen molar-refractivity contribution >= 4 is 16.9 Å². The van der Waals surface area contributed by atoms with Crippen LogP contribution in [0.1, 0.15) is 15.9 Å². The van der Waals surface area contributed by atoms with Crippen LogP contribution in [0.25, 0.3) is 16.6 Å². The molecule has 0 aliphatic heterocycles. The van der Waals surface area contributed by atoms with E-state index in [0.29, 0.717) is 5.69 Å². The van der Waals surface area contributed by atoms with E-state index in [2.05, 4.69) is 0 Å².